The van der Waals surface area contributed by atoms with Crippen LogP contribution in [0.3, 0.4) is 0 Å². The van der Waals surface area contributed by atoms with E-state index in [0.29, 0.717) is 18.7 Å². The molecule has 0 spiro atoms. The van der Waals surface area contributed by atoms with E-state index in [4.69, 9.17) is 4.74 Å². The largest absolute Gasteiger partial charge is 0.496 e. The van der Waals surface area contributed by atoms with Crippen molar-refractivity contribution in [1.82, 2.24) is 15.2 Å². The summed E-state index contributed by atoms with van der Waals surface area (Å²) in [5.41, 5.74) is 1.65. The molecule has 0 bridgehead atoms. The zero-order valence-corrected chi connectivity index (χ0v) is 19.5. The van der Waals surface area contributed by atoms with Crippen molar-refractivity contribution in [2.24, 2.45) is 0 Å². The van der Waals surface area contributed by atoms with Crippen molar-refractivity contribution in [2.45, 2.75) is 26.3 Å². The number of halogens is 2. The standard InChI is InChI=1S/C22H30N4O2.2ClH/c1-4-13-25(5-2)21-11-10-17(15-24-21)22(27)26-14-12-23-16-19(26)18-8-6-7-9-20(18)28-3;;/h6-11,15,19,23H,4-5,12-14,16H2,1-3H3;2*1H. The zero-order chi connectivity index (χ0) is 19.9. The first-order valence-corrected chi connectivity index (χ1v) is 10.0. The summed E-state index contributed by atoms with van der Waals surface area (Å²) in [7, 11) is 1.67. The number of carbonyl (C=O) groups is 1. The molecule has 1 amide bonds. The van der Waals surface area contributed by atoms with E-state index in [2.05, 4.69) is 29.0 Å². The lowest BCUT2D eigenvalue weighted by Gasteiger charge is -2.37. The van der Waals surface area contributed by atoms with Gasteiger partial charge in [-0.05, 0) is 31.5 Å². The Balaban J connectivity index is 0.00000225. The monoisotopic (exact) mass is 454 g/mol. The van der Waals surface area contributed by atoms with Crippen molar-refractivity contribution in [3.05, 3.63) is 53.7 Å². The second-order valence-electron chi connectivity index (χ2n) is 6.95. The molecule has 0 radical (unpaired) electrons. The minimum atomic E-state index is -0.0655. The van der Waals surface area contributed by atoms with Crippen LogP contribution in [0, 0.1) is 0 Å². The fraction of sp³-hybridized carbons (Fsp3) is 0.455. The van der Waals surface area contributed by atoms with Crippen LogP contribution in [0.4, 0.5) is 5.82 Å². The van der Waals surface area contributed by atoms with E-state index < -0.39 is 0 Å². The Morgan fingerprint density at radius 2 is 2.00 bits per heavy atom. The van der Waals surface area contributed by atoms with Gasteiger partial charge < -0.3 is 19.9 Å². The Labute approximate surface area is 191 Å². The molecule has 1 fully saturated rings. The van der Waals surface area contributed by atoms with Crippen molar-refractivity contribution in [1.29, 1.82) is 0 Å². The fourth-order valence-electron chi connectivity index (χ4n) is 3.74. The topological polar surface area (TPSA) is 57.7 Å². The molecule has 1 saturated heterocycles. The first-order valence-electron chi connectivity index (χ1n) is 10.0. The Hall–Kier alpha value is -2.02. The molecule has 2 aromatic rings. The highest BCUT2D eigenvalue weighted by Crippen LogP contribution is 2.31. The average molecular weight is 455 g/mol. The first kappa shape index (κ1) is 26.0. The van der Waals surface area contributed by atoms with Crippen LogP contribution in [0.1, 0.15) is 42.2 Å². The Morgan fingerprint density at radius 1 is 1.23 bits per heavy atom. The number of para-hydroxylation sites is 1. The first-order chi connectivity index (χ1) is 13.7. The van der Waals surface area contributed by atoms with Crippen molar-refractivity contribution < 1.29 is 9.53 Å². The molecular formula is C22H32Cl2N4O2. The number of rotatable bonds is 7. The summed E-state index contributed by atoms with van der Waals surface area (Å²) in [6.07, 6.45) is 2.77. The number of aromatic nitrogens is 1. The number of hydrogen-bond donors (Lipinski definition) is 1. The smallest absolute Gasteiger partial charge is 0.256 e. The van der Waals surface area contributed by atoms with Gasteiger partial charge in [-0.2, -0.15) is 0 Å². The summed E-state index contributed by atoms with van der Waals surface area (Å²) >= 11 is 0. The van der Waals surface area contributed by atoms with Crippen LogP contribution in [-0.4, -0.2) is 55.6 Å². The highest BCUT2D eigenvalue weighted by Gasteiger charge is 2.30. The quantitative estimate of drug-likeness (QED) is 0.685. The molecular weight excluding hydrogens is 423 g/mol. The number of hydrogen-bond acceptors (Lipinski definition) is 5. The second kappa shape index (κ2) is 12.6. The molecule has 0 aliphatic carbocycles. The third kappa shape index (κ3) is 5.78. The molecule has 1 N–H and O–H groups in total. The number of nitrogens with one attached hydrogen (secondary N) is 1. The van der Waals surface area contributed by atoms with Gasteiger partial charge in [0, 0.05) is 44.5 Å². The molecule has 1 aromatic carbocycles. The zero-order valence-electron chi connectivity index (χ0n) is 17.8. The number of methoxy groups -OCH3 is 1. The van der Waals surface area contributed by atoms with Crippen LogP contribution in [0.5, 0.6) is 5.75 Å². The maximum absolute atomic E-state index is 13.3. The number of anilines is 1. The summed E-state index contributed by atoms with van der Waals surface area (Å²) in [5, 5.41) is 3.39. The van der Waals surface area contributed by atoms with Gasteiger partial charge >= 0.3 is 0 Å². The number of ether oxygens (including phenoxy) is 1. The third-order valence-corrected chi connectivity index (χ3v) is 5.20. The van der Waals surface area contributed by atoms with Crippen LogP contribution >= 0.6 is 24.8 Å². The Kier molecular flexibility index (Phi) is 10.9. The van der Waals surface area contributed by atoms with Crippen molar-refractivity contribution in [3.8, 4) is 5.75 Å². The predicted octanol–water partition coefficient (Wildman–Crippen LogP) is 3.96. The molecule has 2 heterocycles. The Bertz CT molecular complexity index is 789. The molecule has 6 nitrogen and oxygen atoms in total. The normalized spacial score (nSPS) is 15.6. The minimum Gasteiger partial charge on any atom is -0.496 e. The van der Waals surface area contributed by atoms with Crippen molar-refractivity contribution >= 4 is 36.5 Å². The van der Waals surface area contributed by atoms with E-state index in [1.807, 2.05) is 41.3 Å². The summed E-state index contributed by atoms with van der Waals surface area (Å²) in [6, 6.07) is 11.7. The number of carbonyl (C=O) groups excluding carboxylic acids is 1. The highest BCUT2D eigenvalue weighted by atomic mass is 35.5. The van der Waals surface area contributed by atoms with Gasteiger partial charge in [-0.15, -0.1) is 24.8 Å². The molecule has 1 aromatic heterocycles. The second-order valence-corrected chi connectivity index (χ2v) is 6.95. The molecule has 166 valence electrons. The summed E-state index contributed by atoms with van der Waals surface area (Å²) in [6.45, 7) is 8.28. The van der Waals surface area contributed by atoms with E-state index in [1.54, 1.807) is 13.3 Å². The van der Waals surface area contributed by atoms with E-state index in [9.17, 15) is 4.79 Å². The van der Waals surface area contributed by atoms with E-state index in [0.717, 1.165) is 43.2 Å². The molecule has 1 atom stereocenters. The van der Waals surface area contributed by atoms with E-state index in [1.165, 1.54) is 0 Å². The van der Waals surface area contributed by atoms with Gasteiger partial charge in [0.2, 0.25) is 0 Å². The Morgan fingerprint density at radius 3 is 2.63 bits per heavy atom. The minimum absolute atomic E-state index is 0. The van der Waals surface area contributed by atoms with Gasteiger partial charge in [-0.1, -0.05) is 25.1 Å². The van der Waals surface area contributed by atoms with E-state index >= 15 is 0 Å². The maximum Gasteiger partial charge on any atom is 0.256 e. The maximum atomic E-state index is 13.3. The molecule has 1 aliphatic heterocycles. The molecule has 3 rings (SSSR count). The van der Waals surface area contributed by atoms with Crippen LogP contribution in [0.2, 0.25) is 0 Å². The van der Waals surface area contributed by atoms with Gasteiger partial charge in [-0.25, -0.2) is 4.98 Å². The third-order valence-electron chi connectivity index (χ3n) is 5.20. The number of piperazine rings is 1. The van der Waals surface area contributed by atoms with Gasteiger partial charge in [0.15, 0.2) is 0 Å². The average Bonchev–Trinajstić information content (AvgIpc) is 2.77. The lowest BCUT2D eigenvalue weighted by molar-refractivity contribution is 0.0631. The fourth-order valence-corrected chi connectivity index (χ4v) is 3.74. The molecule has 1 unspecified atom stereocenters. The summed E-state index contributed by atoms with van der Waals surface area (Å²) < 4.78 is 5.53. The molecule has 8 heteroatoms. The SMILES string of the molecule is CCCN(CC)c1ccc(C(=O)N2CCNCC2c2ccccc2OC)cn1.Cl.Cl. The van der Waals surface area contributed by atoms with Crippen LogP contribution in [0.25, 0.3) is 0 Å². The summed E-state index contributed by atoms with van der Waals surface area (Å²) in [5.74, 6) is 1.73. The lowest BCUT2D eigenvalue weighted by Crippen LogP contribution is -2.48. The van der Waals surface area contributed by atoms with Crippen LogP contribution in [0.15, 0.2) is 42.6 Å². The number of amides is 1. The van der Waals surface area contributed by atoms with Crippen molar-refractivity contribution in [2.75, 3.05) is 44.7 Å². The van der Waals surface area contributed by atoms with Crippen molar-refractivity contribution in [3.63, 3.8) is 0 Å². The van der Waals surface area contributed by atoms with Gasteiger partial charge in [-0.3, -0.25) is 4.79 Å². The molecule has 30 heavy (non-hydrogen) atoms. The lowest BCUT2D eigenvalue weighted by atomic mass is 10.0. The predicted molar refractivity (Wildman–Crippen MR) is 127 cm³/mol. The van der Waals surface area contributed by atoms with Crippen LogP contribution < -0.4 is 15.0 Å². The molecule has 0 saturated carbocycles. The van der Waals surface area contributed by atoms with Crippen LogP contribution in [-0.2, 0) is 0 Å². The van der Waals surface area contributed by atoms with Gasteiger partial charge in [0.25, 0.3) is 5.91 Å². The van der Waals surface area contributed by atoms with Gasteiger partial charge in [0.1, 0.15) is 11.6 Å². The van der Waals surface area contributed by atoms with E-state index in [-0.39, 0.29) is 36.8 Å². The number of nitrogens with zero attached hydrogens (tertiary/aromatic N) is 3. The van der Waals surface area contributed by atoms with Gasteiger partial charge in [0.05, 0.1) is 18.7 Å². The summed E-state index contributed by atoms with van der Waals surface area (Å²) in [4.78, 5) is 22.0. The highest BCUT2D eigenvalue weighted by molar-refractivity contribution is 5.94. The molecule has 1 aliphatic rings. The number of benzene rings is 1. The number of pyridine rings is 1.